The molecule has 0 spiro atoms. The summed E-state index contributed by atoms with van der Waals surface area (Å²) in [5, 5.41) is 0. The zero-order valence-corrected chi connectivity index (χ0v) is 14.8. The summed E-state index contributed by atoms with van der Waals surface area (Å²) in [6, 6.07) is 11.6. The highest BCUT2D eigenvalue weighted by atomic mass is 32.2. The summed E-state index contributed by atoms with van der Waals surface area (Å²) in [6.45, 7) is 4.52. The van der Waals surface area contributed by atoms with Gasteiger partial charge in [0.25, 0.3) is 0 Å². The van der Waals surface area contributed by atoms with E-state index in [0.717, 1.165) is 23.1 Å². The Kier molecular flexibility index (Phi) is 4.58. The first-order valence-electron chi connectivity index (χ1n) is 7.74. The van der Waals surface area contributed by atoms with Crippen LogP contribution in [0.4, 0.5) is 8.78 Å². The van der Waals surface area contributed by atoms with Gasteiger partial charge in [0.2, 0.25) is 0 Å². The van der Waals surface area contributed by atoms with Crippen LogP contribution in [0.2, 0.25) is 0 Å². The van der Waals surface area contributed by atoms with E-state index in [2.05, 4.69) is 0 Å². The van der Waals surface area contributed by atoms with Gasteiger partial charge in [-0.05, 0) is 37.6 Å². The van der Waals surface area contributed by atoms with E-state index in [1.165, 1.54) is 12.1 Å². The Balaban J connectivity index is 1.76. The molecule has 2 aromatic rings. The lowest BCUT2D eigenvalue weighted by atomic mass is 9.87. The van der Waals surface area contributed by atoms with Crippen LogP contribution in [-0.2, 0) is 16.1 Å². The van der Waals surface area contributed by atoms with Crippen LogP contribution in [0.5, 0.6) is 5.75 Å². The minimum atomic E-state index is -0.706. The van der Waals surface area contributed by atoms with Crippen molar-refractivity contribution in [3.63, 3.8) is 0 Å². The first-order chi connectivity index (χ1) is 11.4. The Labute approximate surface area is 145 Å². The molecule has 0 aromatic heterocycles. The Bertz CT molecular complexity index is 725. The van der Waals surface area contributed by atoms with Crippen molar-refractivity contribution in [1.82, 2.24) is 0 Å². The SMILES string of the molecule is COc1ccc(CSC(C)(C)C2(c3ccc(F)cc3F)CO2)cc1. The molecule has 0 radical (unpaired) electrons. The first-order valence-corrected chi connectivity index (χ1v) is 8.73. The molecule has 0 amide bonds. The fourth-order valence-corrected chi connectivity index (χ4v) is 4.00. The van der Waals surface area contributed by atoms with Gasteiger partial charge in [0.1, 0.15) is 23.0 Å². The van der Waals surface area contributed by atoms with Crippen LogP contribution in [0.15, 0.2) is 42.5 Å². The van der Waals surface area contributed by atoms with Crippen molar-refractivity contribution in [2.45, 2.75) is 29.9 Å². The summed E-state index contributed by atoms with van der Waals surface area (Å²) in [7, 11) is 1.64. The van der Waals surface area contributed by atoms with Crippen molar-refractivity contribution in [3.8, 4) is 5.75 Å². The Morgan fingerprint density at radius 2 is 1.83 bits per heavy atom. The molecular formula is C19H20F2O2S. The van der Waals surface area contributed by atoms with Crippen LogP contribution < -0.4 is 4.74 Å². The Morgan fingerprint density at radius 3 is 2.38 bits per heavy atom. The number of rotatable bonds is 6. The molecule has 1 saturated heterocycles. The van der Waals surface area contributed by atoms with Crippen LogP contribution in [0.3, 0.4) is 0 Å². The van der Waals surface area contributed by atoms with E-state index < -0.39 is 17.2 Å². The standard InChI is InChI=1S/C19H20F2O2S/c1-18(2,24-11-13-4-7-15(22-3)8-5-13)19(12-23-19)16-9-6-14(20)10-17(16)21/h4-10H,11-12H2,1-3H3. The van der Waals surface area contributed by atoms with Gasteiger partial charge in [-0.15, -0.1) is 11.8 Å². The summed E-state index contributed by atoms with van der Waals surface area (Å²) < 4.78 is 37.9. The van der Waals surface area contributed by atoms with E-state index in [-0.39, 0.29) is 4.75 Å². The second kappa shape index (κ2) is 6.37. The smallest absolute Gasteiger partial charge is 0.133 e. The molecule has 1 aliphatic rings. The maximum atomic E-state index is 14.2. The molecule has 1 heterocycles. The van der Waals surface area contributed by atoms with Gasteiger partial charge in [-0.1, -0.05) is 18.2 Å². The molecule has 1 atom stereocenters. The minimum Gasteiger partial charge on any atom is -0.497 e. The molecule has 1 unspecified atom stereocenters. The molecule has 0 aliphatic carbocycles. The quantitative estimate of drug-likeness (QED) is 0.691. The fraction of sp³-hybridized carbons (Fsp3) is 0.368. The number of methoxy groups -OCH3 is 1. The van der Waals surface area contributed by atoms with Crippen molar-refractivity contribution in [1.29, 1.82) is 0 Å². The van der Waals surface area contributed by atoms with Crippen molar-refractivity contribution in [2.75, 3.05) is 13.7 Å². The van der Waals surface area contributed by atoms with Gasteiger partial charge in [-0.2, -0.15) is 0 Å². The second-order valence-electron chi connectivity index (χ2n) is 6.39. The number of halogens is 2. The van der Waals surface area contributed by atoms with Gasteiger partial charge >= 0.3 is 0 Å². The third-order valence-electron chi connectivity index (χ3n) is 4.53. The summed E-state index contributed by atoms with van der Waals surface area (Å²) in [5.74, 6) is 0.463. The number of hydrogen-bond donors (Lipinski definition) is 0. The van der Waals surface area contributed by atoms with Gasteiger partial charge in [0.05, 0.1) is 13.7 Å². The Hall–Kier alpha value is -1.59. The third-order valence-corrected chi connectivity index (χ3v) is 6.06. The van der Waals surface area contributed by atoms with Crippen LogP contribution in [-0.4, -0.2) is 18.5 Å². The van der Waals surface area contributed by atoms with Crippen LogP contribution >= 0.6 is 11.8 Å². The Morgan fingerprint density at radius 1 is 1.17 bits per heavy atom. The lowest BCUT2D eigenvalue weighted by Crippen LogP contribution is -2.35. The number of thioether (sulfide) groups is 1. The van der Waals surface area contributed by atoms with Gasteiger partial charge in [0.15, 0.2) is 0 Å². The maximum Gasteiger partial charge on any atom is 0.133 e. The van der Waals surface area contributed by atoms with E-state index in [1.54, 1.807) is 18.9 Å². The molecule has 0 saturated carbocycles. The van der Waals surface area contributed by atoms with E-state index in [9.17, 15) is 8.78 Å². The van der Waals surface area contributed by atoms with Crippen molar-refractivity contribution in [2.24, 2.45) is 0 Å². The summed E-state index contributed by atoms with van der Waals surface area (Å²) in [6.07, 6.45) is 0. The second-order valence-corrected chi connectivity index (χ2v) is 7.98. The molecular weight excluding hydrogens is 330 g/mol. The van der Waals surface area contributed by atoms with Crippen LogP contribution in [0, 0.1) is 11.6 Å². The summed E-state index contributed by atoms with van der Waals surface area (Å²) >= 11 is 1.70. The topological polar surface area (TPSA) is 21.8 Å². The highest BCUT2D eigenvalue weighted by Gasteiger charge is 2.59. The van der Waals surface area contributed by atoms with Crippen molar-refractivity contribution in [3.05, 3.63) is 65.2 Å². The fourth-order valence-electron chi connectivity index (χ4n) is 2.82. The zero-order valence-electron chi connectivity index (χ0n) is 13.9. The van der Waals surface area contributed by atoms with Crippen molar-refractivity contribution < 1.29 is 18.3 Å². The van der Waals surface area contributed by atoms with E-state index >= 15 is 0 Å². The number of ether oxygens (including phenoxy) is 2. The molecule has 24 heavy (non-hydrogen) atoms. The van der Waals surface area contributed by atoms with Crippen LogP contribution in [0.25, 0.3) is 0 Å². The highest BCUT2D eigenvalue weighted by molar-refractivity contribution is 7.99. The van der Waals surface area contributed by atoms with E-state index in [4.69, 9.17) is 9.47 Å². The predicted molar refractivity (Wildman–Crippen MR) is 92.4 cm³/mol. The maximum absolute atomic E-state index is 14.2. The number of hydrogen-bond acceptors (Lipinski definition) is 3. The molecule has 2 nitrogen and oxygen atoms in total. The number of benzene rings is 2. The lowest BCUT2D eigenvalue weighted by molar-refractivity contribution is 0.256. The average Bonchev–Trinajstić information content (AvgIpc) is 3.36. The monoisotopic (exact) mass is 350 g/mol. The zero-order chi connectivity index (χ0) is 17.4. The molecule has 1 aliphatic heterocycles. The molecule has 128 valence electrons. The van der Waals surface area contributed by atoms with Gasteiger partial charge < -0.3 is 9.47 Å². The van der Waals surface area contributed by atoms with Gasteiger partial charge in [-0.3, -0.25) is 0 Å². The third kappa shape index (κ3) is 3.15. The van der Waals surface area contributed by atoms with Gasteiger partial charge in [-0.25, -0.2) is 8.78 Å². The van der Waals surface area contributed by atoms with E-state index in [1.807, 2.05) is 38.1 Å². The largest absolute Gasteiger partial charge is 0.497 e. The van der Waals surface area contributed by atoms with Gasteiger partial charge in [0, 0.05) is 22.1 Å². The molecule has 0 bridgehead atoms. The summed E-state index contributed by atoms with van der Waals surface area (Å²) in [5.41, 5.74) is 0.877. The molecule has 2 aromatic carbocycles. The molecule has 1 fully saturated rings. The summed E-state index contributed by atoms with van der Waals surface area (Å²) in [4.78, 5) is 0. The lowest BCUT2D eigenvalue weighted by Gasteiger charge is -2.32. The van der Waals surface area contributed by atoms with E-state index in [0.29, 0.717) is 12.2 Å². The highest BCUT2D eigenvalue weighted by Crippen LogP contribution is 2.55. The predicted octanol–water partition coefficient (Wildman–Crippen LogP) is 4.91. The molecule has 5 heteroatoms. The minimum absolute atomic E-state index is 0.356. The first kappa shape index (κ1) is 17.2. The van der Waals surface area contributed by atoms with Crippen molar-refractivity contribution >= 4 is 11.8 Å². The molecule has 0 N–H and O–H groups in total. The molecule has 3 rings (SSSR count). The average molecular weight is 350 g/mol. The number of epoxide rings is 1. The normalized spacial score (nSPS) is 20.0. The van der Waals surface area contributed by atoms with Crippen LogP contribution in [0.1, 0.15) is 25.0 Å².